The zero-order chi connectivity index (χ0) is 19.3. The van der Waals surface area contributed by atoms with E-state index in [9.17, 15) is 4.48 Å². The van der Waals surface area contributed by atoms with E-state index in [1.54, 1.807) is 7.11 Å². The van der Waals surface area contributed by atoms with E-state index in [4.69, 9.17) is 19.1 Å². The molecular weight excluding hydrogens is 343 g/mol. The van der Waals surface area contributed by atoms with Gasteiger partial charge in [0.15, 0.2) is 6.29 Å². The number of nitrogens with zero attached hydrogens (tertiary/aromatic N) is 1. The molecule has 0 aromatic carbocycles. The van der Waals surface area contributed by atoms with Gasteiger partial charge < -0.3 is 19.5 Å². The highest BCUT2D eigenvalue weighted by atomic mass is 19.2. The molecule has 156 valence electrons. The molecule has 0 saturated carbocycles. The van der Waals surface area contributed by atoms with Gasteiger partial charge in [-0.15, -0.1) is 9.47 Å². The minimum absolute atomic E-state index is 0.0254. The van der Waals surface area contributed by atoms with E-state index in [0.717, 1.165) is 51.6 Å². The standard InChI is InChI=1S/C18H37FN2O5/c1-5-18(2,20-3)15-24-26-21(19)12-9-7-6-8-10-13-23-14-11-16-17(22-4)25-16/h16-17,20H,5-15H2,1-4H3. The van der Waals surface area contributed by atoms with Gasteiger partial charge in [-0.25, -0.2) is 4.89 Å². The molecule has 3 atom stereocenters. The lowest BCUT2D eigenvalue weighted by molar-refractivity contribution is -0.485. The van der Waals surface area contributed by atoms with Crippen molar-refractivity contribution in [3.63, 3.8) is 0 Å². The smallest absolute Gasteiger partial charge is 0.184 e. The van der Waals surface area contributed by atoms with E-state index in [-0.39, 0.29) is 29.8 Å². The van der Waals surface area contributed by atoms with Gasteiger partial charge in [-0.3, -0.25) is 0 Å². The van der Waals surface area contributed by atoms with Gasteiger partial charge in [0, 0.05) is 37.6 Å². The Balaban J connectivity index is 1.80. The van der Waals surface area contributed by atoms with Gasteiger partial charge >= 0.3 is 0 Å². The number of halogens is 1. The molecule has 1 N–H and O–H groups in total. The van der Waals surface area contributed by atoms with Crippen LogP contribution in [0.25, 0.3) is 0 Å². The van der Waals surface area contributed by atoms with E-state index < -0.39 is 0 Å². The van der Waals surface area contributed by atoms with Crippen molar-refractivity contribution in [3.05, 3.63) is 0 Å². The molecule has 0 spiro atoms. The summed E-state index contributed by atoms with van der Waals surface area (Å²) in [5, 5.41) is 3.40. The Morgan fingerprint density at radius 1 is 1.15 bits per heavy atom. The molecule has 8 heteroatoms. The molecule has 1 aliphatic rings. The Kier molecular flexibility index (Phi) is 12.5. The zero-order valence-corrected chi connectivity index (χ0v) is 16.8. The number of hydroxylamine groups is 1. The summed E-state index contributed by atoms with van der Waals surface area (Å²) in [5.41, 5.74) is -0.208. The molecular formula is C18H37FN2O5. The first-order chi connectivity index (χ1) is 12.5. The maximum absolute atomic E-state index is 13.5. The lowest BCUT2D eigenvalue weighted by atomic mass is 10.0. The van der Waals surface area contributed by atoms with Crippen LogP contribution in [0.5, 0.6) is 0 Å². The summed E-state index contributed by atoms with van der Waals surface area (Å²) in [6, 6.07) is 0. The minimum atomic E-state index is -0.208. The van der Waals surface area contributed by atoms with Crippen molar-refractivity contribution < 1.29 is 28.6 Å². The van der Waals surface area contributed by atoms with Crippen molar-refractivity contribution in [1.29, 1.82) is 0 Å². The predicted molar refractivity (Wildman–Crippen MR) is 96.8 cm³/mol. The van der Waals surface area contributed by atoms with E-state index in [1.165, 1.54) is 0 Å². The molecule has 1 fully saturated rings. The average molecular weight is 381 g/mol. The molecule has 0 bridgehead atoms. The summed E-state index contributed by atoms with van der Waals surface area (Å²) in [4.78, 5) is 9.61. The van der Waals surface area contributed by atoms with E-state index in [1.807, 2.05) is 20.9 Å². The second kappa shape index (κ2) is 13.8. The summed E-state index contributed by atoms with van der Waals surface area (Å²) >= 11 is 0. The molecule has 0 aromatic heterocycles. The van der Waals surface area contributed by atoms with Crippen molar-refractivity contribution in [1.82, 2.24) is 10.6 Å². The second-order valence-corrected chi connectivity index (χ2v) is 6.99. The van der Waals surface area contributed by atoms with Crippen molar-refractivity contribution in [2.45, 2.75) is 76.7 Å². The molecule has 1 aliphatic heterocycles. The van der Waals surface area contributed by atoms with Crippen molar-refractivity contribution in [2.75, 3.05) is 40.5 Å². The number of unbranched alkanes of at least 4 members (excludes halogenated alkanes) is 4. The Morgan fingerprint density at radius 3 is 2.54 bits per heavy atom. The third kappa shape index (κ3) is 10.7. The molecule has 1 saturated heterocycles. The first-order valence-corrected chi connectivity index (χ1v) is 9.72. The number of rotatable bonds is 18. The molecule has 26 heavy (non-hydrogen) atoms. The van der Waals surface area contributed by atoms with Crippen LogP contribution < -0.4 is 5.32 Å². The quantitative estimate of drug-likeness (QED) is 0.129. The van der Waals surface area contributed by atoms with Gasteiger partial charge in [-0.1, -0.05) is 26.2 Å². The Morgan fingerprint density at radius 2 is 1.88 bits per heavy atom. The second-order valence-electron chi connectivity index (χ2n) is 6.99. The number of nitrogens with one attached hydrogen (secondary N) is 1. The highest BCUT2D eigenvalue weighted by Crippen LogP contribution is 2.25. The average Bonchev–Trinajstić information content (AvgIpc) is 3.41. The first kappa shape index (κ1) is 23.7. The van der Waals surface area contributed by atoms with Crippen LogP contribution >= 0.6 is 0 Å². The lowest BCUT2D eigenvalue weighted by Gasteiger charge is -2.26. The number of methoxy groups -OCH3 is 1. The van der Waals surface area contributed by atoms with Gasteiger partial charge in [-0.2, -0.15) is 0 Å². The summed E-state index contributed by atoms with van der Waals surface area (Å²) in [6.45, 7) is 6.01. The fourth-order valence-corrected chi connectivity index (χ4v) is 2.41. The van der Waals surface area contributed by atoms with Gasteiger partial charge in [0.2, 0.25) is 0 Å². The number of hydrogen-bond donors (Lipinski definition) is 1. The van der Waals surface area contributed by atoms with Gasteiger partial charge in [0.25, 0.3) is 0 Å². The number of epoxide rings is 1. The highest BCUT2D eigenvalue weighted by molar-refractivity contribution is 4.78. The molecule has 7 nitrogen and oxygen atoms in total. The fourth-order valence-electron chi connectivity index (χ4n) is 2.41. The Bertz CT molecular complexity index is 348. The minimum Gasteiger partial charge on any atom is -0.381 e. The summed E-state index contributed by atoms with van der Waals surface area (Å²) in [7, 11) is 3.50. The lowest BCUT2D eigenvalue weighted by Crippen LogP contribution is -2.44. The van der Waals surface area contributed by atoms with E-state index >= 15 is 0 Å². The van der Waals surface area contributed by atoms with Gasteiger partial charge in [0.1, 0.15) is 12.7 Å². The van der Waals surface area contributed by atoms with Crippen LogP contribution in [0.3, 0.4) is 0 Å². The molecule has 3 unspecified atom stereocenters. The molecule has 1 rings (SSSR count). The molecule has 0 radical (unpaired) electrons. The van der Waals surface area contributed by atoms with Crippen LogP contribution in [-0.4, -0.2) is 63.7 Å². The summed E-state index contributed by atoms with van der Waals surface area (Å²) in [5.74, 6) is 0. The maximum Gasteiger partial charge on any atom is 0.184 e. The Labute approximate surface area is 157 Å². The number of likely N-dealkylation sites (N-methyl/N-ethyl adjacent to an activating group) is 1. The van der Waals surface area contributed by atoms with Crippen molar-refractivity contribution in [3.8, 4) is 0 Å². The topological polar surface area (TPSA) is 64.7 Å². The third-order valence-electron chi connectivity index (χ3n) is 4.83. The third-order valence-corrected chi connectivity index (χ3v) is 4.83. The number of hydrogen-bond acceptors (Lipinski definition) is 7. The fraction of sp³-hybridized carbons (Fsp3) is 1.00. The largest absolute Gasteiger partial charge is 0.381 e. The monoisotopic (exact) mass is 380 g/mol. The molecule has 0 aliphatic carbocycles. The van der Waals surface area contributed by atoms with E-state index in [0.29, 0.717) is 13.2 Å². The van der Waals surface area contributed by atoms with Crippen LogP contribution in [-0.2, 0) is 24.1 Å². The van der Waals surface area contributed by atoms with Gasteiger partial charge in [0.05, 0.1) is 6.54 Å². The summed E-state index contributed by atoms with van der Waals surface area (Å²) in [6.07, 6.45) is 6.80. The van der Waals surface area contributed by atoms with Crippen molar-refractivity contribution >= 4 is 0 Å². The molecule has 0 amide bonds. The molecule has 0 aromatic rings. The van der Waals surface area contributed by atoms with Crippen LogP contribution in [0, 0.1) is 0 Å². The normalized spacial score (nSPS) is 21.9. The van der Waals surface area contributed by atoms with Crippen LogP contribution in [0.4, 0.5) is 4.48 Å². The van der Waals surface area contributed by atoms with Crippen molar-refractivity contribution in [2.24, 2.45) is 0 Å². The van der Waals surface area contributed by atoms with E-state index in [2.05, 4.69) is 10.3 Å². The maximum atomic E-state index is 13.5. The van der Waals surface area contributed by atoms with Crippen LogP contribution in [0.2, 0.25) is 0 Å². The van der Waals surface area contributed by atoms with Crippen LogP contribution in [0.1, 0.15) is 58.8 Å². The number of ether oxygens (including phenoxy) is 3. The Hall–Kier alpha value is -0.350. The zero-order valence-electron chi connectivity index (χ0n) is 16.8. The SMILES string of the molecule is CCC(C)(COON(F)CCCCCCCOCCC1OC1OC)NC. The summed E-state index contributed by atoms with van der Waals surface area (Å²) < 4.78 is 29.3. The predicted octanol–water partition coefficient (Wildman–Crippen LogP) is 3.15. The van der Waals surface area contributed by atoms with Crippen LogP contribution in [0.15, 0.2) is 0 Å². The first-order valence-electron chi connectivity index (χ1n) is 9.72. The van der Waals surface area contributed by atoms with Gasteiger partial charge in [-0.05, 0) is 33.2 Å². The molecule has 1 heterocycles. The highest BCUT2D eigenvalue weighted by Gasteiger charge is 2.38.